The van der Waals surface area contributed by atoms with Gasteiger partial charge in [-0.15, -0.1) is 0 Å². The molecule has 17 heavy (non-hydrogen) atoms. The molecule has 94 valence electrons. The fraction of sp³-hybridized carbons (Fsp3) is 0.615. The first-order valence-corrected chi connectivity index (χ1v) is 6.25. The quantitative estimate of drug-likeness (QED) is 0.852. The SMILES string of the molecule is CCC1CN(c2cnccc2CO)CCN1C. The van der Waals surface area contributed by atoms with Gasteiger partial charge in [0.15, 0.2) is 0 Å². The number of nitrogens with zero attached hydrogens (tertiary/aromatic N) is 3. The first kappa shape index (κ1) is 12.3. The molecule has 1 aliphatic heterocycles. The van der Waals surface area contributed by atoms with Crippen molar-refractivity contribution in [3.63, 3.8) is 0 Å². The molecule has 2 heterocycles. The summed E-state index contributed by atoms with van der Waals surface area (Å²) < 4.78 is 0. The highest BCUT2D eigenvalue weighted by Crippen LogP contribution is 2.22. The second-order valence-electron chi connectivity index (χ2n) is 4.65. The van der Waals surface area contributed by atoms with Gasteiger partial charge in [-0.1, -0.05) is 6.92 Å². The van der Waals surface area contributed by atoms with Crippen molar-refractivity contribution < 1.29 is 5.11 Å². The highest BCUT2D eigenvalue weighted by atomic mass is 16.3. The number of piperazine rings is 1. The van der Waals surface area contributed by atoms with Crippen molar-refractivity contribution in [3.05, 3.63) is 24.0 Å². The van der Waals surface area contributed by atoms with E-state index in [0.717, 1.165) is 37.3 Å². The van der Waals surface area contributed by atoms with Gasteiger partial charge in [-0.25, -0.2) is 0 Å². The maximum absolute atomic E-state index is 9.36. The third-order valence-corrected chi connectivity index (χ3v) is 3.65. The Morgan fingerprint density at radius 1 is 1.47 bits per heavy atom. The normalized spacial score (nSPS) is 21.8. The zero-order valence-corrected chi connectivity index (χ0v) is 10.6. The highest BCUT2D eigenvalue weighted by Gasteiger charge is 2.24. The lowest BCUT2D eigenvalue weighted by atomic mass is 10.1. The molecular formula is C13H21N3O. The summed E-state index contributed by atoms with van der Waals surface area (Å²) in [7, 11) is 2.18. The molecule has 1 unspecified atom stereocenters. The van der Waals surface area contributed by atoms with Crippen LogP contribution in [0.2, 0.25) is 0 Å². The monoisotopic (exact) mass is 235 g/mol. The molecule has 1 aromatic rings. The van der Waals surface area contributed by atoms with E-state index < -0.39 is 0 Å². The molecule has 1 N–H and O–H groups in total. The number of likely N-dealkylation sites (N-methyl/N-ethyl adjacent to an activating group) is 1. The average molecular weight is 235 g/mol. The van der Waals surface area contributed by atoms with E-state index >= 15 is 0 Å². The van der Waals surface area contributed by atoms with Gasteiger partial charge in [0.05, 0.1) is 18.5 Å². The van der Waals surface area contributed by atoms with Crippen LogP contribution in [-0.4, -0.2) is 47.7 Å². The lowest BCUT2D eigenvalue weighted by Crippen LogP contribution is -2.51. The van der Waals surface area contributed by atoms with Gasteiger partial charge in [0.2, 0.25) is 0 Å². The van der Waals surface area contributed by atoms with Crippen LogP contribution in [0.25, 0.3) is 0 Å². The van der Waals surface area contributed by atoms with Gasteiger partial charge in [0.25, 0.3) is 0 Å². The molecule has 1 aliphatic rings. The molecule has 1 aromatic heterocycles. The average Bonchev–Trinajstić information content (AvgIpc) is 2.39. The summed E-state index contributed by atoms with van der Waals surface area (Å²) in [5.41, 5.74) is 2.06. The van der Waals surface area contributed by atoms with Gasteiger partial charge >= 0.3 is 0 Å². The zero-order chi connectivity index (χ0) is 12.3. The summed E-state index contributed by atoms with van der Waals surface area (Å²) in [5, 5.41) is 9.36. The van der Waals surface area contributed by atoms with Crippen LogP contribution in [0.4, 0.5) is 5.69 Å². The number of pyridine rings is 1. The van der Waals surface area contributed by atoms with Crippen molar-refractivity contribution in [2.75, 3.05) is 31.6 Å². The molecule has 2 rings (SSSR count). The number of hydrogen-bond donors (Lipinski definition) is 1. The van der Waals surface area contributed by atoms with E-state index in [1.165, 1.54) is 0 Å². The van der Waals surface area contributed by atoms with Crippen molar-refractivity contribution in [1.29, 1.82) is 0 Å². The van der Waals surface area contributed by atoms with Crippen LogP contribution < -0.4 is 4.90 Å². The molecule has 0 spiro atoms. The molecular weight excluding hydrogens is 214 g/mol. The first-order chi connectivity index (χ1) is 8.26. The zero-order valence-electron chi connectivity index (χ0n) is 10.6. The Hall–Kier alpha value is -1.13. The maximum Gasteiger partial charge on any atom is 0.0703 e. The molecule has 4 heteroatoms. The maximum atomic E-state index is 9.36. The Balaban J connectivity index is 2.17. The van der Waals surface area contributed by atoms with E-state index in [1.807, 2.05) is 12.3 Å². The Morgan fingerprint density at radius 2 is 2.29 bits per heavy atom. The van der Waals surface area contributed by atoms with Crippen LogP contribution in [0.15, 0.2) is 18.5 Å². The number of hydrogen-bond acceptors (Lipinski definition) is 4. The Morgan fingerprint density at radius 3 is 3.00 bits per heavy atom. The number of aliphatic hydroxyl groups excluding tert-OH is 1. The van der Waals surface area contributed by atoms with Crippen molar-refractivity contribution in [2.24, 2.45) is 0 Å². The molecule has 0 aliphatic carbocycles. The summed E-state index contributed by atoms with van der Waals surface area (Å²) in [6, 6.07) is 2.49. The summed E-state index contributed by atoms with van der Waals surface area (Å²) in [6.07, 6.45) is 4.76. The minimum absolute atomic E-state index is 0.0843. The summed E-state index contributed by atoms with van der Waals surface area (Å²) in [5.74, 6) is 0. The fourth-order valence-electron chi connectivity index (χ4n) is 2.44. The minimum Gasteiger partial charge on any atom is -0.392 e. The van der Waals surface area contributed by atoms with E-state index in [-0.39, 0.29) is 6.61 Å². The molecule has 1 atom stereocenters. The molecule has 0 radical (unpaired) electrons. The minimum atomic E-state index is 0.0843. The van der Waals surface area contributed by atoms with E-state index in [4.69, 9.17) is 0 Å². The van der Waals surface area contributed by atoms with E-state index in [2.05, 4.69) is 28.8 Å². The number of aromatic nitrogens is 1. The topological polar surface area (TPSA) is 39.6 Å². The second kappa shape index (κ2) is 5.47. The van der Waals surface area contributed by atoms with Crippen molar-refractivity contribution in [1.82, 2.24) is 9.88 Å². The molecule has 0 aromatic carbocycles. The standard InChI is InChI=1S/C13H21N3O/c1-3-12-9-16(7-6-15(12)2)13-8-14-5-4-11(13)10-17/h4-5,8,12,17H,3,6-7,9-10H2,1-2H3. The van der Waals surface area contributed by atoms with Gasteiger partial charge < -0.3 is 10.0 Å². The van der Waals surface area contributed by atoms with Crippen molar-refractivity contribution in [2.45, 2.75) is 26.0 Å². The van der Waals surface area contributed by atoms with Crippen LogP contribution in [0.3, 0.4) is 0 Å². The van der Waals surface area contributed by atoms with E-state index in [0.29, 0.717) is 6.04 Å². The summed E-state index contributed by atoms with van der Waals surface area (Å²) in [6.45, 7) is 5.40. The molecule has 1 fully saturated rings. The number of rotatable bonds is 3. The van der Waals surface area contributed by atoms with Gasteiger partial charge in [-0.05, 0) is 19.5 Å². The van der Waals surface area contributed by atoms with E-state index in [1.54, 1.807) is 6.20 Å². The fourth-order valence-corrected chi connectivity index (χ4v) is 2.44. The first-order valence-electron chi connectivity index (χ1n) is 6.25. The van der Waals surface area contributed by atoms with Crippen LogP contribution in [0.5, 0.6) is 0 Å². The predicted molar refractivity (Wildman–Crippen MR) is 69.1 cm³/mol. The predicted octanol–water partition coefficient (Wildman–Crippen LogP) is 1.10. The molecule has 0 saturated carbocycles. The third kappa shape index (κ3) is 2.58. The largest absolute Gasteiger partial charge is 0.392 e. The Labute approximate surface area is 103 Å². The molecule has 4 nitrogen and oxygen atoms in total. The van der Waals surface area contributed by atoms with Crippen LogP contribution in [0, 0.1) is 0 Å². The van der Waals surface area contributed by atoms with E-state index in [9.17, 15) is 5.11 Å². The van der Waals surface area contributed by atoms with Crippen LogP contribution in [0.1, 0.15) is 18.9 Å². The molecule has 1 saturated heterocycles. The smallest absolute Gasteiger partial charge is 0.0703 e. The number of aliphatic hydroxyl groups is 1. The van der Waals surface area contributed by atoms with Crippen molar-refractivity contribution >= 4 is 5.69 Å². The van der Waals surface area contributed by atoms with Gasteiger partial charge in [0, 0.05) is 37.4 Å². The Bertz CT molecular complexity index is 369. The van der Waals surface area contributed by atoms with Crippen LogP contribution >= 0.6 is 0 Å². The van der Waals surface area contributed by atoms with Crippen molar-refractivity contribution in [3.8, 4) is 0 Å². The van der Waals surface area contributed by atoms with Gasteiger partial charge in [0.1, 0.15) is 0 Å². The van der Waals surface area contributed by atoms with Gasteiger partial charge in [-0.2, -0.15) is 0 Å². The Kier molecular flexibility index (Phi) is 3.97. The summed E-state index contributed by atoms with van der Waals surface area (Å²) in [4.78, 5) is 8.92. The second-order valence-corrected chi connectivity index (χ2v) is 4.65. The molecule has 0 bridgehead atoms. The third-order valence-electron chi connectivity index (χ3n) is 3.65. The molecule has 0 amide bonds. The lowest BCUT2D eigenvalue weighted by Gasteiger charge is -2.40. The van der Waals surface area contributed by atoms with Gasteiger partial charge in [-0.3, -0.25) is 9.88 Å². The number of anilines is 1. The summed E-state index contributed by atoms with van der Waals surface area (Å²) >= 11 is 0. The highest BCUT2D eigenvalue weighted by molar-refractivity contribution is 5.52. The van der Waals surface area contributed by atoms with Crippen LogP contribution in [-0.2, 0) is 6.61 Å². The lowest BCUT2D eigenvalue weighted by molar-refractivity contribution is 0.212.